The number of amides is 4. The van der Waals surface area contributed by atoms with Crippen LogP contribution in [-0.4, -0.2) is 93.1 Å². The SMILES string of the molecule is COC(=O)N[C@H](C(=O)N1CCC[C@@H]1c1ncc(-c2ccc3c(c2)COc2c-3ccc3c2ccc2[nH]c([C@@H]4CCCN4C(=O)[C@@H](NC(=O)OC)C(C)C)nc23)[nH]1)C(C)C. The molecule has 4 N–H and O–H groups in total. The Kier molecular flexibility index (Phi) is 10.5. The van der Waals surface area contributed by atoms with Crippen molar-refractivity contribution in [3.05, 3.63) is 65.9 Å². The van der Waals surface area contributed by atoms with Gasteiger partial charge in [0, 0.05) is 29.4 Å². The minimum absolute atomic E-state index is 0.116. The molecule has 2 saturated heterocycles. The van der Waals surface area contributed by atoms with Gasteiger partial charge in [-0.05, 0) is 78.5 Å². The van der Waals surface area contributed by atoms with E-state index in [2.05, 4.69) is 57.0 Å². The third-order valence-electron chi connectivity index (χ3n) is 11.8. The Hall–Kier alpha value is -6.12. The number of nitrogens with one attached hydrogen (secondary N) is 4. The van der Waals surface area contributed by atoms with Crippen molar-refractivity contribution in [1.29, 1.82) is 0 Å². The van der Waals surface area contributed by atoms with Gasteiger partial charge in [0.1, 0.15) is 36.1 Å². The number of H-pyrrole nitrogens is 2. The first-order chi connectivity index (χ1) is 28.0. The molecule has 15 heteroatoms. The first-order valence-corrected chi connectivity index (χ1v) is 20.0. The highest BCUT2D eigenvalue weighted by Crippen LogP contribution is 2.45. The number of likely N-dealkylation sites (tertiary alicyclic amines) is 2. The Morgan fingerprint density at radius 1 is 0.776 bits per heavy atom. The van der Waals surface area contributed by atoms with E-state index in [1.165, 1.54) is 14.2 Å². The van der Waals surface area contributed by atoms with E-state index in [4.69, 9.17) is 24.2 Å². The highest BCUT2D eigenvalue weighted by molar-refractivity contribution is 6.09. The van der Waals surface area contributed by atoms with Gasteiger partial charge in [0.2, 0.25) is 11.8 Å². The number of rotatable bonds is 9. The van der Waals surface area contributed by atoms with Crippen LogP contribution in [0.4, 0.5) is 9.59 Å². The van der Waals surface area contributed by atoms with Crippen molar-refractivity contribution in [3.8, 4) is 28.1 Å². The third kappa shape index (κ3) is 6.96. The maximum atomic E-state index is 13.7. The van der Waals surface area contributed by atoms with Gasteiger partial charge in [-0.1, -0.05) is 45.9 Å². The van der Waals surface area contributed by atoms with Gasteiger partial charge in [0.05, 0.1) is 49.2 Å². The van der Waals surface area contributed by atoms with Crippen LogP contribution in [0, 0.1) is 11.8 Å². The molecule has 3 aliphatic rings. The van der Waals surface area contributed by atoms with Crippen LogP contribution in [0.25, 0.3) is 44.2 Å². The molecule has 0 unspecified atom stereocenters. The summed E-state index contributed by atoms with van der Waals surface area (Å²) in [5.41, 5.74) is 6.60. The van der Waals surface area contributed by atoms with Crippen molar-refractivity contribution in [2.24, 2.45) is 11.8 Å². The molecule has 15 nitrogen and oxygen atoms in total. The quantitative estimate of drug-likeness (QED) is 0.125. The van der Waals surface area contributed by atoms with E-state index in [1.54, 1.807) is 0 Å². The van der Waals surface area contributed by atoms with E-state index < -0.39 is 24.3 Å². The summed E-state index contributed by atoms with van der Waals surface area (Å²) < 4.78 is 16.1. The number of alkyl carbamates (subject to hydrolysis) is 2. The van der Waals surface area contributed by atoms with Crippen LogP contribution < -0.4 is 15.4 Å². The van der Waals surface area contributed by atoms with Crippen LogP contribution in [0.15, 0.2) is 48.7 Å². The molecule has 0 aliphatic carbocycles. The maximum Gasteiger partial charge on any atom is 0.407 e. The molecule has 0 radical (unpaired) electrons. The third-order valence-corrected chi connectivity index (χ3v) is 11.8. The molecule has 2 aromatic heterocycles. The van der Waals surface area contributed by atoms with Gasteiger partial charge < -0.3 is 44.6 Å². The van der Waals surface area contributed by atoms with Crippen molar-refractivity contribution >= 4 is 45.8 Å². The van der Waals surface area contributed by atoms with Crippen molar-refractivity contribution in [3.63, 3.8) is 0 Å². The molecule has 0 bridgehead atoms. The number of aromatic amines is 2. The molecule has 304 valence electrons. The lowest BCUT2D eigenvalue weighted by atomic mass is 9.92. The summed E-state index contributed by atoms with van der Waals surface area (Å²) in [5.74, 6) is 1.69. The topological polar surface area (TPSA) is 184 Å². The fourth-order valence-corrected chi connectivity index (χ4v) is 8.73. The van der Waals surface area contributed by atoms with Crippen LogP contribution in [0.1, 0.15) is 82.7 Å². The first-order valence-electron chi connectivity index (χ1n) is 20.0. The number of imidazole rings is 2. The molecule has 5 aromatic rings. The van der Waals surface area contributed by atoms with Gasteiger partial charge in [0.15, 0.2) is 0 Å². The Balaban J connectivity index is 1.03. The Labute approximate surface area is 336 Å². The highest BCUT2D eigenvalue weighted by Gasteiger charge is 2.39. The standard InChI is InChI=1S/C43H50N8O7/c1-22(2)34(48-42(54)56-5)40(52)50-17-7-9-32(50)38-44-20-31(46-38)24-11-12-26-25(19-24)21-58-37-28(26)14-13-27-29(37)15-16-30-36(27)47-39(45-30)33-10-8-18-51(33)41(53)35(23(3)4)49-43(55)57-6/h11-16,19-20,22-23,32-35H,7-10,17-18,21H2,1-6H3,(H,44,46)(H,45,47)(H,48,54)(H,49,55)/t32-,33+,34+,35+/m1/s1. The van der Waals surface area contributed by atoms with Gasteiger partial charge in [-0.25, -0.2) is 19.6 Å². The molecule has 4 atom stereocenters. The van der Waals surface area contributed by atoms with Gasteiger partial charge in [-0.2, -0.15) is 0 Å². The Morgan fingerprint density at radius 2 is 1.38 bits per heavy atom. The normalized spacial score (nSPS) is 18.6. The predicted molar refractivity (Wildman–Crippen MR) is 217 cm³/mol. The fourth-order valence-electron chi connectivity index (χ4n) is 8.73. The number of methoxy groups -OCH3 is 2. The summed E-state index contributed by atoms with van der Waals surface area (Å²) in [6, 6.07) is 12.7. The highest BCUT2D eigenvalue weighted by atomic mass is 16.5. The smallest absolute Gasteiger partial charge is 0.407 e. The van der Waals surface area contributed by atoms with Crippen molar-refractivity contribution in [1.82, 2.24) is 40.4 Å². The summed E-state index contributed by atoms with van der Waals surface area (Å²) in [6.45, 7) is 9.15. The van der Waals surface area contributed by atoms with E-state index in [0.29, 0.717) is 25.5 Å². The molecule has 2 fully saturated rings. The average molecular weight is 791 g/mol. The molecule has 0 saturated carbocycles. The molecule has 3 aromatic carbocycles. The Morgan fingerprint density at radius 3 is 2.00 bits per heavy atom. The summed E-state index contributed by atoms with van der Waals surface area (Å²) in [7, 11) is 2.58. The number of nitrogens with zero attached hydrogens (tertiary/aromatic N) is 4. The van der Waals surface area contributed by atoms with Crippen molar-refractivity contribution in [2.45, 2.75) is 84.2 Å². The van der Waals surface area contributed by atoms with E-state index in [1.807, 2.05) is 49.8 Å². The van der Waals surface area contributed by atoms with E-state index >= 15 is 0 Å². The fraction of sp³-hybridized carbons (Fsp3) is 0.442. The Bertz CT molecular complexity index is 2400. The van der Waals surface area contributed by atoms with E-state index in [9.17, 15) is 19.2 Å². The molecule has 0 spiro atoms. The summed E-state index contributed by atoms with van der Waals surface area (Å²) >= 11 is 0. The van der Waals surface area contributed by atoms with Crippen molar-refractivity contribution in [2.75, 3.05) is 27.3 Å². The van der Waals surface area contributed by atoms with Gasteiger partial charge in [-0.3, -0.25) is 9.59 Å². The minimum Gasteiger partial charge on any atom is -0.488 e. The molecular formula is C43H50N8O7. The zero-order valence-corrected chi connectivity index (χ0v) is 33.7. The summed E-state index contributed by atoms with van der Waals surface area (Å²) in [5, 5.41) is 7.32. The van der Waals surface area contributed by atoms with Gasteiger partial charge >= 0.3 is 12.2 Å². The average Bonchev–Trinajstić information content (AvgIpc) is 4.06. The second-order valence-electron chi connectivity index (χ2n) is 16.1. The number of aromatic nitrogens is 4. The molecule has 4 amide bonds. The number of hydrogen-bond donors (Lipinski definition) is 4. The van der Waals surface area contributed by atoms with Crippen LogP contribution in [0.3, 0.4) is 0 Å². The number of fused-ring (bicyclic) bond motifs is 7. The van der Waals surface area contributed by atoms with E-state index in [0.717, 1.165) is 87.0 Å². The summed E-state index contributed by atoms with van der Waals surface area (Å²) in [4.78, 5) is 71.8. The number of carbonyl (C=O) groups excluding carboxylic acids is 4. The molecule has 8 rings (SSSR count). The second-order valence-corrected chi connectivity index (χ2v) is 16.1. The predicted octanol–water partition coefficient (Wildman–Crippen LogP) is 6.75. The minimum atomic E-state index is -0.708. The van der Waals surface area contributed by atoms with Crippen molar-refractivity contribution < 1.29 is 33.4 Å². The number of ether oxygens (including phenoxy) is 3. The van der Waals surface area contributed by atoms with Crippen LogP contribution in [0.5, 0.6) is 5.75 Å². The molecular weight excluding hydrogens is 741 g/mol. The van der Waals surface area contributed by atoms with Crippen LogP contribution in [0.2, 0.25) is 0 Å². The van der Waals surface area contributed by atoms with Gasteiger partial charge in [0.25, 0.3) is 0 Å². The lowest BCUT2D eigenvalue weighted by molar-refractivity contribution is -0.136. The monoisotopic (exact) mass is 790 g/mol. The first kappa shape index (κ1) is 38.7. The zero-order valence-electron chi connectivity index (χ0n) is 33.7. The maximum absolute atomic E-state index is 13.7. The van der Waals surface area contributed by atoms with Gasteiger partial charge in [-0.15, -0.1) is 0 Å². The van der Waals surface area contributed by atoms with E-state index in [-0.39, 0.29) is 35.7 Å². The molecule has 3 aliphatic heterocycles. The molecule has 58 heavy (non-hydrogen) atoms. The zero-order chi connectivity index (χ0) is 40.8. The number of carbonyl (C=O) groups is 4. The van der Waals surface area contributed by atoms with Crippen LogP contribution in [-0.2, 0) is 25.7 Å². The van der Waals surface area contributed by atoms with Crippen LogP contribution >= 0.6 is 0 Å². The largest absolute Gasteiger partial charge is 0.488 e. The lowest BCUT2D eigenvalue weighted by Gasteiger charge is -2.30. The second kappa shape index (κ2) is 15.7. The lowest BCUT2D eigenvalue weighted by Crippen LogP contribution is -2.51. The number of hydrogen-bond acceptors (Lipinski definition) is 9. The summed E-state index contributed by atoms with van der Waals surface area (Å²) in [6.07, 6.45) is 3.74. The number of benzene rings is 3. The molecule has 5 heterocycles.